The van der Waals surface area contributed by atoms with Crippen LogP contribution in [0.15, 0.2) is 91.5 Å². The quantitative estimate of drug-likeness (QED) is 0.124. The number of methoxy groups -OCH3 is 1. The molecule has 3 aromatic carbocycles. The van der Waals surface area contributed by atoms with Crippen molar-refractivity contribution in [3.63, 3.8) is 0 Å². The van der Waals surface area contributed by atoms with Gasteiger partial charge in [0, 0.05) is 60.1 Å². The Bertz CT molecular complexity index is 2460. The fourth-order valence-electron chi connectivity index (χ4n) is 8.97. The van der Waals surface area contributed by atoms with E-state index in [0.29, 0.717) is 47.5 Å². The lowest BCUT2D eigenvalue weighted by atomic mass is 9.77. The first-order valence-corrected chi connectivity index (χ1v) is 22.2. The number of hydrogen-bond acceptors (Lipinski definition) is 9. The zero-order chi connectivity index (χ0) is 43.2. The highest BCUT2D eigenvalue weighted by Crippen LogP contribution is 2.48. The summed E-state index contributed by atoms with van der Waals surface area (Å²) in [7, 11) is -1.66. The van der Waals surface area contributed by atoms with Gasteiger partial charge in [0.2, 0.25) is 28.6 Å². The Hall–Kier alpha value is -5.76. The van der Waals surface area contributed by atoms with Crippen LogP contribution in [-0.4, -0.2) is 90.2 Å². The number of benzene rings is 3. The summed E-state index contributed by atoms with van der Waals surface area (Å²) in [6.07, 6.45) is 3.80. The van der Waals surface area contributed by atoms with Crippen molar-refractivity contribution in [3.05, 3.63) is 97.1 Å². The first-order valence-electron chi connectivity index (χ1n) is 21.0. The number of aromatic nitrogens is 1. The van der Waals surface area contributed by atoms with E-state index in [1.54, 1.807) is 18.1 Å². The molecule has 14 heteroatoms. The van der Waals surface area contributed by atoms with Crippen LogP contribution in [0.1, 0.15) is 64.9 Å². The van der Waals surface area contributed by atoms with Crippen LogP contribution in [0.4, 0.5) is 5.69 Å². The first-order chi connectivity index (χ1) is 29.2. The topological polar surface area (TPSA) is 156 Å². The number of carbonyl (C=O) groups excluding carboxylic acids is 4. The number of amides is 4. The standard InChI is InChI=1S/C47H53N5O8S/c1-6-31-27-47(31,45(56)52(61(57)58)32-18-19-32)49-43(54)40-24-34(60-41-26-37(29-13-8-7-9-14-29)48-38-23-33(59-5)20-21-35(38)41)28-51(40)44(55)36(46(2,3)4)25-42(53)50-22-12-16-30-15-10-11-17-39(30)50/h6-11,13-15,17,20-21,23,26,31-32,34,36,40,61H,1,12,16,18-19,22,24-25,27-28H2,2-5H3,(H,49,54)/t31?,34-,36-,40+,47?/m1/s1. The highest BCUT2D eigenvalue weighted by Gasteiger charge is 2.63. The fraction of sp³-hybridized carbons (Fsp3) is 0.426. The monoisotopic (exact) mass is 847 g/mol. The average molecular weight is 848 g/mol. The van der Waals surface area contributed by atoms with Crippen molar-refractivity contribution in [2.75, 3.05) is 25.1 Å². The van der Waals surface area contributed by atoms with Gasteiger partial charge in [-0.1, -0.05) is 75.4 Å². The minimum absolute atomic E-state index is 0.0112. The summed E-state index contributed by atoms with van der Waals surface area (Å²) in [6, 6.07) is 23.3. The summed E-state index contributed by atoms with van der Waals surface area (Å²) in [5.41, 5.74) is 1.86. The van der Waals surface area contributed by atoms with Gasteiger partial charge in [0.15, 0.2) is 0 Å². The molecule has 1 N–H and O–H groups in total. The number of aryl methyl sites for hydroxylation is 1. The second kappa shape index (κ2) is 16.6. The molecule has 13 nitrogen and oxygen atoms in total. The van der Waals surface area contributed by atoms with E-state index in [0.717, 1.165) is 34.0 Å². The molecule has 0 radical (unpaired) electrons. The second-order valence-corrected chi connectivity index (χ2v) is 18.7. The molecule has 2 saturated carbocycles. The van der Waals surface area contributed by atoms with Crippen LogP contribution in [-0.2, 0) is 36.5 Å². The van der Waals surface area contributed by atoms with Gasteiger partial charge >= 0.3 is 0 Å². The molecule has 1 saturated heterocycles. The third-order valence-electron chi connectivity index (χ3n) is 12.6. The number of thiol groups is 1. The number of likely N-dealkylation sites (tertiary alicyclic amines) is 1. The number of fused-ring (bicyclic) bond motifs is 2. The van der Waals surface area contributed by atoms with Gasteiger partial charge in [0.1, 0.15) is 29.2 Å². The summed E-state index contributed by atoms with van der Waals surface area (Å²) in [5, 5.41) is 3.64. The predicted octanol–water partition coefficient (Wildman–Crippen LogP) is 5.87. The molecule has 8 rings (SSSR count). The molecule has 61 heavy (non-hydrogen) atoms. The van der Waals surface area contributed by atoms with E-state index < -0.39 is 63.7 Å². The zero-order valence-electron chi connectivity index (χ0n) is 35.0. The molecule has 2 unspecified atom stereocenters. The number of pyridine rings is 1. The Balaban J connectivity index is 1.13. The molecule has 0 bridgehead atoms. The highest BCUT2D eigenvalue weighted by molar-refractivity contribution is 7.70. The van der Waals surface area contributed by atoms with Crippen LogP contribution >= 0.6 is 0 Å². The van der Waals surface area contributed by atoms with E-state index in [1.807, 2.05) is 99.6 Å². The van der Waals surface area contributed by atoms with E-state index in [4.69, 9.17) is 14.5 Å². The molecular formula is C47H53N5O8S. The van der Waals surface area contributed by atoms with Gasteiger partial charge in [0.05, 0.1) is 30.8 Å². The number of ether oxygens (including phenoxy) is 2. The van der Waals surface area contributed by atoms with Gasteiger partial charge in [-0.15, -0.1) is 6.58 Å². The lowest BCUT2D eigenvalue weighted by Gasteiger charge is -2.37. The van der Waals surface area contributed by atoms with E-state index in [-0.39, 0.29) is 37.6 Å². The van der Waals surface area contributed by atoms with Crippen molar-refractivity contribution in [2.24, 2.45) is 17.3 Å². The number of rotatable bonds is 13. The van der Waals surface area contributed by atoms with Crippen LogP contribution in [0.3, 0.4) is 0 Å². The van der Waals surface area contributed by atoms with Crippen molar-refractivity contribution in [1.29, 1.82) is 0 Å². The Morgan fingerprint density at radius 1 is 1.03 bits per heavy atom. The average Bonchev–Trinajstić information content (AvgIpc) is 4.18. The first kappa shape index (κ1) is 42.0. The predicted molar refractivity (Wildman–Crippen MR) is 232 cm³/mol. The van der Waals surface area contributed by atoms with Crippen LogP contribution in [0.2, 0.25) is 0 Å². The molecule has 4 amide bonds. The van der Waals surface area contributed by atoms with E-state index >= 15 is 4.79 Å². The van der Waals surface area contributed by atoms with Gasteiger partial charge in [0.25, 0.3) is 5.91 Å². The summed E-state index contributed by atoms with van der Waals surface area (Å²) in [6.45, 7) is 10.2. The van der Waals surface area contributed by atoms with E-state index in [1.165, 1.54) is 4.90 Å². The molecule has 5 atom stereocenters. The van der Waals surface area contributed by atoms with Gasteiger partial charge in [-0.2, -0.15) is 0 Å². The Labute approximate surface area is 358 Å². The number of para-hydroxylation sites is 1. The number of hydrogen-bond donors (Lipinski definition) is 2. The van der Waals surface area contributed by atoms with Crippen molar-refractivity contribution in [3.8, 4) is 22.8 Å². The molecule has 1 aromatic heterocycles. The van der Waals surface area contributed by atoms with E-state index in [2.05, 4.69) is 11.9 Å². The van der Waals surface area contributed by atoms with Crippen LogP contribution in [0, 0.1) is 17.3 Å². The number of nitrogens with one attached hydrogen (secondary N) is 1. The van der Waals surface area contributed by atoms with Crippen LogP contribution in [0.25, 0.3) is 22.2 Å². The number of nitrogens with zero attached hydrogens (tertiary/aromatic N) is 4. The van der Waals surface area contributed by atoms with Gasteiger partial charge in [-0.3, -0.25) is 19.2 Å². The maximum absolute atomic E-state index is 15.1. The molecule has 320 valence electrons. The van der Waals surface area contributed by atoms with Gasteiger partial charge in [-0.05, 0) is 61.3 Å². The van der Waals surface area contributed by atoms with Crippen LogP contribution in [0.5, 0.6) is 11.5 Å². The molecule has 0 spiro atoms. The zero-order valence-corrected chi connectivity index (χ0v) is 35.9. The van der Waals surface area contributed by atoms with Crippen LogP contribution < -0.4 is 19.7 Å². The Kier molecular flexibility index (Phi) is 11.4. The summed E-state index contributed by atoms with van der Waals surface area (Å²) in [5.74, 6) is -2.07. The summed E-state index contributed by atoms with van der Waals surface area (Å²) in [4.78, 5) is 66.3. The molecule has 2 aliphatic heterocycles. The van der Waals surface area contributed by atoms with E-state index in [9.17, 15) is 22.8 Å². The van der Waals surface area contributed by atoms with Crippen molar-refractivity contribution in [1.82, 2.24) is 19.5 Å². The molecular weight excluding hydrogens is 795 g/mol. The molecule has 2 aliphatic carbocycles. The minimum Gasteiger partial charge on any atom is -0.497 e. The van der Waals surface area contributed by atoms with Crippen molar-refractivity contribution >= 4 is 51.1 Å². The number of carbonyl (C=O) groups is 4. The fourth-order valence-corrected chi connectivity index (χ4v) is 9.79. The molecule has 4 aromatic rings. The third-order valence-corrected chi connectivity index (χ3v) is 13.5. The summed E-state index contributed by atoms with van der Waals surface area (Å²) >= 11 is 0. The summed E-state index contributed by atoms with van der Waals surface area (Å²) < 4.78 is 37.9. The van der Waals surface area contributed by atoms with Gasteiger partial charge in [-0.25, -0.2) is 17.7 Å². The molecule has 3 fully saturated rings. The molecule has 3 heterocycles. The second-order valence-electron chi connectivity index (χ2n) is 17.8. The Morgan fingerprint density at radius 3 is 2.44 bits per heavy atom. The van der Waals surface area contributed by atoms with Crippen molar-refractivity contribution in [2.45, 2.75) is 89.4 Å². The maximum Gasteiger partial charge on any atom is 0.262 e. The third kappa shape index (κ3) is 8.34. The minimum atomic E-state index is -3.24. The Morgan fingerprint density at radius 2 is 1.77 bits per heavy atom. The largest absolute Gasteiger partial charge is 0.497 e. The number of anilines is 1. The highest BCUT2D eigenvalue weighted by atomic mass is 32.2. The smallest absolute Gasteiger partial charge is 0.262 e. The lowest BCUT2D eigenvalue weighted by Crippen LogP contribution is -2.57. The SMILES string of the molecule is C=CC1CC1(NC(=O)[C@@H]1C[C@@H](Oc2cc(-c3ccccc3)nc3cc(OC)ccc23)CN1C(=O)[C@@H](CC(=O)N1CCCc2ccccc21)C(C)(C)C)C(=O)N(C1CC1)[SH](=O)=O. The normalized spacial score (nSPS) is 22.6. The molecule has 4 aliphatic rings. The van der Waals surface area contributed by atoms with Crippen molar-refractivity contribution < 1.29 is 37.1 Å². The maximum atomic E-state index is 15.1. The lowest BCUT2D eigenvalue weighted by molar-refractivity contribution is -0.147. The van der Waals surface area contributed by atoms with Gasteiger partial charge < -0.3 is 24.6 Å².